The molecule has 1 aliphatic heterocycles. The third-order valence-corrected chi connectivity index (χ3v) is 6.34. The van der Waals surface area contributed by atoms with Gasteiger partial charge in [0.1, 0.15) is 5.82 Å². The Bertz CT molecular complexity index is 1300. The predicted molar refractivity (Wildman–Crippen MR) is 144 cm³/mol. The standard InChI is InChI=1S/C30H31FN4O3/c1-21(34-29(36)24-13-17-38-18-14-24)28-11-10-27(19-25(28)7-4-22-5-8-26(31)9-6-22)35-30(37)33-16-12-23-3-2-15-32-20-23/h2-3,5-6,8-11,15,19-21,24H,12-14,16-18H2,1H3,(H,34,36)(H2,33,35,37). The topological polar surface area (TPSA) is 92.4 Å². The molecule has 3 amide bonds. The molecule has 0 spiro atoms. The molecule has 3 aromatic rings. The van der Waals surface area contributed by atoms with Crippen LogP contribution in [0.5, 0.6) is 0 Å². The molecular weight excluding hydrogens is 483 g/mol. The first-order valence-electron chi connectivity index (χ1n) is 12.7. The third-order valence-electron chi connectivity index (χ3n) is 6.34. The van der Waals surface area contributed by atoms with Crippen molar-refractivity contribution in [3.05, 3.63) is 95.1 Å². The van der Waals surface area contributed by atoms with E-state index in [0.717, 1.165) is 11.1 Å². The third kappa shape index (κ3) is 7.89. The van der Waals surface area contributed by atoms with Crippen molar-refractivity contribution in [2.24, 2.45) is 5.92 Å². The average molecular weight is 515 g/mol. The lowest BCUT2D eigenvalue weighted by atomic mass is 9.96. The van der Waals surface area contributed by atoms with E-state index in [0.29, 0.717) is 55.8 Å². The van der Waals surface area contributed by atoms with Crippen LogP contribution in [0.15, 0.2) is 67.0 Å². The molecule has 38 heavy (non-hydrogen) atoms. The molecule has 0 aliphatic carbocycles. The highest BCUT2D eigenvalue weighted by Crippen LogP contribution is 2.23. The fourth-order valence-corrected chi connectivity index (χ4v) is 4.20. The number of hydrogen-bond acceptors (Lipinski definition) is 4. The summed E-state index contributed by atoms with van der Waals surface area (Å²) in [5.74, 6) is 5.78. The number of ether oxygens (including phenoxy) is 1. The van der Waals surface area contributed by atoms with Gasteiger partial charge in [0.25, 0.3) is 0 Å². The lowest BCUT2D eigenvalue weighted by Crippen LogP contribution is -2.36. The fraction of sp³-hybridized carbons (Fsp3) is 0.300. The zero-order valence-corrected chi connectivity index (χ0v) is 21.3. The number of anilines is 1. The first-order valence-corrected chi connectivity index (χ1v) is 12.7. The maximum Gasteiger partial charge on any atom is 0.319 e. The van der Waals surface area contributed by atoms with Crippen LogP contribution in [0.25, 0.3) is 0 Å². The Balaban J connectivity index is 1.47. The van der Waals surface area contributed by atoms with Gasteiger partial charge in [-0.2, -0.15) is 0 Å². The highest BCUT2D eigenvalue weighted by Gasteiger charge is 2.23. The summed E-state index contributed by atoms with van der Waals surface area (Å²) in [7, 11) is 0. The molecule has 7 nitrogen and oxygen atoms in total. The van der Waals surface area contributed by atoms with Gasteiger partial charge >= 0.3 is 6.03 Å². The first-order chi connectivity index (χ1) is 18.5. The molecule has 0 saturated carbocycles. The number of benzene rings is 2. The maximum atomic E-state index is 13.3. The van der Waals surface area contributed by atoms with Crippen LogP contribution in [0.3, 0.4) is 0 Å². The Morgan fingerprint density at radius 1 is 1.11 bits per heavy atom. The predicted octanol–water partition coefficient (Wildman–Crippen LogP) is 4.59. The molecule has 4 rings (SSSR count). The fourth-order valence-electron chi connectivity index (χ4n) is 4.20. The minimum absolute atomic E-state index is 0.00607. The summed E-state index contributed by atoms with van der Waals surface area (Å²) < 4.78 is 18.7. The van der Waals surface area contributed by atoms with E-state index in [1.807, 2.05) is 25.1 Å². The van der Waals surface area contributed by atoms with Crippen LogP contribution in [-0.4, -0.2) is 36.7 Å². The van der Waals surface area contributed by atoms with Crippen molar-refractivity contribution in [2.45, 2.75) is 32.2 Å². The van der Waals surface area contributed by atoms with Gasteiger partial charge in [-0.1, -0.05) is 24.0 Å². The Kier molecular flexibility index (Phi) is 9.43. The van der Waals surface area contributed by atoms with Gasteiger partial charge in [-0.15, -0.1) is 0 Å². The van der Waals surface area contributed by atoms with E-state index < -0.39 is 0 Å². The molecule has 1 aromatic heterocycles. The number of carbonyl (C=O) groups is 2. The quantitative estimate of drug-likeness (QED) is 0.402. The van der Waals surface area contributed by atoms with Crippen molar-refractivity contribution in [3.63, 3.8) is 0 Å². The molecule has 1 fully saturated rings. The van der Waals surface area contributed by atoms with Crippen molar-refractivity contribution in [3.8, 4) is 11.8 Å². The Hall–Kier alpha value is -4.22. The summed E-state index contributed by atoms with van der Waals surface area (Å²) in [5, 5.41) is 8.79. The Morgan fingerprint density at radius 2 is 1.89 bits per heavy atom. The van der Waals surface area contributed by atoms with E-state index in [9.17, 15) is 14.0 Å². The number of rotatable bonds is 7. The number of nitrogens with one attached hydrogen (secondary N) is 3. The average Bonchev–Trinajstić information content (AvgIpc) is 2.94. The van der Waals surface area contributed by atoms with Gasteiger partial charge < -0.3 is 20.7 Å². The number of carbonyl (C=O) groups excluding carboxylic acids is 2. The van der Waals surface area contributed by atoms with Crippen molar-refractivity contribution in [1.29, 1.82) is 0 Å². The molecule has 1 aliphatic rings. The summed E-state index contributed by atoms with van der Waals surface area (Å²) in [6.45, 7) is 3.55. The normalized spacial score (nSPS) is 14.1. The van der Waals surface area contributed by atoms with E-state index in [-0.39, 0.29) is 29.7 Å². The summed E-state index contributed by atoms with van der Waals surface area (Å²) in [6.07, 6.45) is 5.55. The minimum Gasteiger partial charge on any atom is -0.381 e. The second kappa shape index (κ2) is 13.4. The van der Waals surface area contributed by atoms with Crippen molar-refractivity contribution in [2.75, 3.05) is 25.1 Å². The minimum atomic E-state index is -0.333. The van der Waals surface area contributed by atoms with Crippen LogP contribution in [0.2, 0.25) is 0 Å². The highest BCUT2D eigenvalue weighted by molar-refractivity contribution is 5.89. The van der Waals surface area contributed by atoms with Crippen molar-refractivity contribution in [1.82, 2.24) is 15.6 Å². The lowest BCUT2D eigenvalue weighted by molar-refractivity contribution is -0.128. The molecule has 0 bridgehead atoms. The molecular formula is C30H31FN4O3. The molecule has 8 heteroatoms. The van der Waals surface area contributed by atoms with Gasteiger partial charge in [0.05, 0.1) is 6.04 Å². The maximum absolute atomic E-state index is 13.3. The molecule has 0 radical (unpaired) electrons. The number of aromatic nitrogens is 1. The molecule has 3 N–H and O–H groups in total. The number of urea groups is 1. The van der Waals surface area contributed by atoms with Crippen LogP contribution in [-0.2, 0) is 16.0 Å². The largest absolute Gasteiger partial charge is 0.381 e. The molecule has 1 unspecified atom stereocenters. The summed E-state index contributed by atoms with van der Waals surface area (Å²) in [5.41, 5.74) is 3.74. The summed E-state index contributed by atoms with van der Waals surface area (Å²) in [4.78, 5) is 29.4. The van der Waals surface area contributed by atoms with E-state index in [2.05, 4.69) is 32.8 Å². The molecule has 1 saturated heterocycles. The van der Waals surface area contributed by atoms with Crippen LogP contribution in [0, 0.1) is 23.6 Å². The van der Waals surface area contributed by atoms with Gasteiger partial charge in [-0.05, 0) is 79.8 Å². The van der Waals surface area contributed by atoms with E-state index in [1.165, 1.54) is 12.1 Å². The SMILES string of the molecule is CC(NC(=O)C1CCOCC1)c1ccc(NC(=O)NCCc2cccnc2)cc1C#Cc1ccc(F)cc1. The van der Waals surface area contributed by atoms with E-state index >= 15 is 0 Å². The van der Waals surface area contributed by atoms with Gasteiger partial charge in [-0.3, -0.25) is 9.78 Å². The number of hydrogen-bond donors (Lipinski definition) is 3. The van der Waals surface area contributed by atoms with Crippen LogP contribution in [0.4, 0.5) is 14.9 Å². The van der Waals surface area contributed by atoms with Gasteiger partial charge in [-0.25, -0.2) is 9.18 Å². The summed E-state index contributed by atoms with van der Waals surface area (Å²) >= 11 is 0. The number of amides is 3. The first kappa shape index (κ1) is 26.8. The molecule has 1 atom stereocenters. The van der Waals surface area contributed by atoms with Crippen LogP contribution < -0.4 is 16.0 Å². The molecule has 196 valence electrons. The smallest absolute Gasteiger partial charge is 0.319 e. The second-order valence-electron chi connectivity index (χ2n) is 9.17. The van der Waals surface area contributed by atoms with Crippen molar-refractivity contribution >= 4 is 17.6 Å². The number of nitrogens with zero attached hydrogens (tertiary/aromatic N) is 1. The Morgan fingerprint density at radius 3 is 2.63 bits per heavy atom. The zero-order chi connectivity index (χ0) is 26.7. The van der Waals surface area contributed by atoms with Gasteiger partial charge in [0.2, 0.25) is 5.91 Å². The monoisotopic (exact) mass is 514 g/mol. The zero-order valence-electron chi connectivity index (χ0n) is 21.3. The van der Waals surface area contributed by atoms with Crippen molar-refractivity contribution < 1.29 is 18.7 Å². The van der Waals surface area contributed by atoms with E-state index in [4.69, 9.17) is 4.74 Å². The van der Waals surface area contributed by atoms with Crippen LogP contribution in [0.1, 0.15) is 48.1 Å². The Labute approximate surface area is 222 Å². The number of pyridine rings is 1. The second-order valence-corrected chi connectivity index (χ2v) is 9.17. The lowest BCUT2D eigenvalue weighted by Gasteiger charge is -2.24. The number of halogens is 1. The van der Waals surface area contributed by atoms with Gasteiger partial charge in [0, 0.05) is 54.9 Å². The molecule has 2 aromatic carbocycles. The summed E-state index contributed by atoms with van der Waals surface area (Å²) in [6, 6.07) is 14.5. The highest BCUT2D eigenvalue weighted by atomic mass is 19.1. The van der Waals surface area contributed by atoms with Crippen LogP contribution >= 0.6 is 0 Å². The van der Waals surface area contributed by atoms with E-state index in [1.54, 1.807) is 36.7 Å². The molecule has 2 heterocycles. The van der Waals surface area contributed by atoms with Gasteiger partial charge in [0.15, 0.2) is 0 Å².